The third kappa shape index (κ3) is 4.35. The highest BCUT2D eigenvalue weighted by Crippen LogP contribution is 2.25. The van der Waals surface area contributed by atoms with Crippen molar-refractivity contribution in [2.24, 2.45) is 0 Å². The highest BCUT2D eigenvalue weighted by Gasteiger charge is 2.17. The molecule has 0 saturated carbocycles. The maximum absolute atomic E-state index is 12.3. The zero-order chi connectivity index (χ0) is 15.5. The first-order valence-corrected chi connectivity index (χ1v) is 9.22. The van der Waals surface area contributed by atoms with Crippen molar-refractivity contribution in [1.29, 1.82) is 0 Å². The largest absolute Gasteiger partial charge is 0.363 e. The van der Waals surface area contributed by atoms with Crippen molar-refractivity contribution in [1.82, 2.24) is 10.3 Å². The average molecular weight is 440 g/mol. The van der Waals surface area contributed by atoms with Crippen molar-refractivity contribution in [2.75, 3.05) is 11.3 Å². The average Bonchev–Trinajstić information content (AvgIpc) is 2.89. The van der Waals surface area contributed by atoms with Gasteiger partial charge in [0, 0.05) is 27.0 Å². The molecule has 1 aromatic carbocycles. The van der Waals surface area contributed by atoms with Crippen molar-refractivity contribution in [3.05, 3.63) is 44.7 Å². The van der Waals surface area contributed by atoms with Crippen molar-refractivity contribution >= 4 is 49.9 Å². The van der Waals surface area contributed by atoms with Crippen LogP contribution in [0.3, 0.4) is 0 Å². The minimum Gasteiger partial charge on any atom is -0.363 e. The minimum atomic E-state index is -3.61. The third-order valence-corrected chi connectivity index (χ3v) is 5.24. The van der Waals surface area contributed by atoms with Crippen molar-refractivity contribution in [2.45, 2.75) is 18.4 Å². The SMILES string of the molecule is CCNCc1cc(S(=O)(=O)Nc2ccc(Cl)cc2I)c[nH]1. The zero-order valence-electron chi connectivity index (χ0n) is 11.3. The summed E-state index contributed by atoms with van der Waals surface area (Å²) in [6.45, 7) is 3.41. The van der Waals surface area contributed by atoms with Gasteiger partial charge in [-0.25, -0.2) is 8.42 Å². The maximum Gasteiger partial charge on any atom is 0.263 e. The van der Waals surface area contributed by atoms with Gasteiger partial charge in [-0.3, -0.25) is 4.72 Å². The molecule has 0 unspecified atom stereocenters. The number of benzene rings is 1. The van der Waals surface area contributed by atoms with Gasteiger partial charge >= 0.3 is 0 Å². The van der Waals surface area contributed by atoms with Gasteiger partial charge in [-0.05, 0) is 53.4 Å². The predicted octanol–water partition coefficient (Wildman–Crippen LogP) is 3.18. The van der Waals surface area contributed by atoms with E-state index >= 15 is 0 Å². The second kappa shape index (κ2) is 6.99. The molecule has 0 aliphatic heterocycles. The molecule has 1 heterocycles. The van der Waals surface area contributed by atoms with E-state index in [1.807, 2.05) is 29.5 Å². The highest BCUT2D eigenvalue weighted by atomic mass is 127. The van der Waals surface area contributed by atoms with Gasteiger partial charge < -0.3 is 10.3 Å². The molecule has 2 rings (SSSR count). The molecule has 3 N–H and O–H groups in total. The van der Waals surface area contributed by atoms with Crippen LogP contribution in [0, 0.1) is 3.57 Å². The van der Waals surface area contributed by atoms with E-state index in [2.05, 4.69) is 15.0 Å². The van der Waals surface area contributed by atoms with Gasteiger partial charge in [0.25, 0.3) is 10.0 Å². The quantitative estimate of drug-likeness (QED) is 0.605. The third-order valence-electron chi connectivity index (χ3n) is 2.77. The van der Waals surface area contributed by atoms with Crippen LogP contribution < -0.4 is 10.0 Å². The molecule has 21 heavy (non-hydrogen) atoms. The fraction of sp³-hybridized carbons (Fsp3) is 0.231. The summed E-state index contributed by atoms with van der Waals surface area (Å²) in [5, 5.41) is 3.70. The summed E-state index contributed by atoms with van der Waals surface area (Å²) in [7, 11) is -3.61. The Kier molecular flexibility index (Phi) is 5.53. The Hall–Kier alpha value is -0.770. The van der Waals surface area contributed by atoms with Gasteiger partial charge in [-0.15, -0.1) is 0 Å². The van der Waals surface area contributed by atoms with Crippen LogP contribution in [0.15, 0.2) is 35.4 Å². The lowest BCUT2D eigenvalue weighted by Crippen LogP contribution is -2.13. The van der Waals surface area contributed by atoms with Crippen molar-refractivity contribution in [3.8, 4) is 0 Å². The smallest absolute Gasteiger partial charge is 0.263 e. The first-order chi connectivity index (χ1) is 9.92. The fourth-order valence-electron chi connectivity index (χ4n) is 1.71. The normalized spacial score (nSPS) is 11.6. The number of aromatic amines is 1. The first-order valence-electron chi connectivity index (χ1n) is 6.28. The van der Waals surface area contributed by atoms with E-state index in [-0.39, 0.29) is 4.90 Å². The van der Waals surface area contributed by atoms with Gasteiger partial charge in [0.2, 0.25) is 0 Å². The van der Waals surface area contributed by atoms with Crippen LogP contribution in [0.1, 0.15) is 12.6 Å². The summed E-state index contributed by atoms with van der Waals surface area (Å²) < 4.78 is 28.0. The Morgan fingerprint density at radius 2 is 2.10 bits per heavy atom. The summed E-state index contributed by atoms with van der Waals surface area (Å²) in [6.07, 6.45) is 1.48. The molecule has 2 aromatic rings. The van der Waals surface area contributed by atoms with E-state index in [0.717, 1.165) is 15.8 Å². The number of rotatable bonds is 6. The molecule has 1 aromatic heterocycles. The Labute approximate surface area is 142 Å². The minimum absolute atomic E-state index is 0.209. The lowest BCUT2D eigenvalue weighted by atomic mass is 10.3. The number of hydrogen-bond donors (Lipinski definition) is 3. The molecule has 0 aliphatic rings. The van der Waals surface area contributed by atoms with Crippen LogP contribution in [0.4, 0.5) is 5.69 Å². The topological polar surface area (TPSA) is 74.0 Å². The Balaban J connectivity index is 2.19. The number of nitrogens with one attached hydrogen (secondary N) is 3. The van der Waals surface area contributed by atoms with Crippen LogP contribution in [-0.2, 0) is 16.6 Å². The summed E-state index contributed by atoms with van der Waals surface area (Å²) >= 11 is 7.90. The number of hydrogen-bond acceptors (Lipinski definition) is 3. The van der Waals surface area contributed by atoms with Gasteiger partial charge in [-0.2, -0.15) is 0 Å². The number of H-pyrrole nitrogens is 1. The predicted molar refractivity (Wildman–Crippen MR) is 93.2 cm³/mol. The summed E-state index contributed by atoms with van der Waals surface area (Å²) in [5.74, 6) is 0. The first kappa shape index (κ1) is 16.6. The summed E-state index contributed by atoms with van der Waals surface area (Å²) in [6, 6.07) is 6.62. The van der Waals surface area contributed by atoms with E-state index < -0.39 is 10.0 Å². The molecule has 114 valence electrons. The molecule has 8 heteroatoms. The highest BCUT2D eigenvalue weighted by molar-refractivity contribution is 14.1. The summed E-state index contributed by atoms with van der Waals surface area (Å²) in [5.41, 5.74) is 1.33. The zero-order valence-corrected chi connectivity index (χ0v) is 15.0. The van der Waals surface area contributed by atoms with Gasteiger partial charge in [0.1, 0.15) is 4.90 Å². The van der Waals surface area contributed by atoms with E-state index in [1.54, 1.807) is 24.3 Å². The molecule has 0 spiro atoms. The standard InChI is InChI=1S/C13H15ClIN3O2S/c1-2-16-7-10-6-11(8-17-10)21(19,20)18-13-4-3-9(14)5-12(13)15/h3-6,8,16-18H,2,7H2,1H3. The molecule has 0 amide bonds. The molecular weight excluding hydrogens is 425 g/mol. The van der Waals surface area contributed by atoms with E-state index in [4.69, 9.17) is 11.6 Å². The second-order valence-corrected chi connectivity index (χ2v) is 7.65. The molecule has 0 fully saturated rings. The van der Waals surface area contributed by atoms with Crippen LogP contribution in [-0.4, -0.2) is 19.9 Å². The number of anilines is 1. The van der Waals surface area contributed by atoms with E-state index in [0.29, 0.717) is 17.3 Å². The molecule has 0 aliphatic carbocycles. The molecular formula is C13H15ClIN3O2S. The van der Waals surface area contributed by atoms with Gasteiger partial charge in [-0.1, -0.05) is 18.5 Å². The number of aromatic nitrogens is 1. The van der Waals surface area contributed by atoms with Gasteiger partial charge in [0.15, 0.2) is 0 Å². The molecule has 0 radical (unpaired) electrons. The van der Waals surface area contributed by atoms with Crippen molar-refractivity contribution in [3.63, 3.8) is 0 Å². The Morgan fingerprint density at radius 3 is 2.76 bits per heavy atom. The summed E-state index contributed by atoms with van der Waals surface area (Å²) in [4.78, 5) is 3.16. The van der Waals surface area contributed by atoms with Crippen molar-refractivity contribution < 1.29 is 8.42 Å². The Bertz CT molecular complexity index is 731. The monoisotopic (exact) mass is 439 g/mol. The van der Waals surface area contributed by atoms with Gasteiger partial charge in [0.05, 0.1) is 5.69 Å². The Morgan fingerprint density at radius 1 is 1.33 bits per heavy atom. The van der Waals surface area contributed by atoms with Crippen LogP contribution in [0.2, 0.25) is 5.02 Å². The lowest BCUT2D eigenvalue weighted by Gasteiger charge is -2.08. The lowest BCUT2D eigenvalue weighted by molar-refractivity contribution is 0.601. The maximum atomic E-state index is 12.3. The van der Waals surface area contributed by atoms with E-state index in [1.165, 1.54) is 6.20 Å². The van der Waals surface area contributed by atoms with Crippen LogP contribution in [0.5, 0.6) is 0 Å². The number of sulfonamides is 1. The molecule has 0 bridgehead atoms. The fourth-order valence-corrected chi connectivity index (χ4v) is 4.00. The number of halogens is 2. The molecule has 0 saturated heterocycles. The second-order valence-electron chi connectivity index (χ2n) is 4.37. The molecule has 5 nitrogen and oxygen atoms in total. The van der Waals surface area contributed by atoms with Crippen LogP contribution >= 0.6 is 34.2 Å². The van der Waals surface area contributed by atoms with E-state index in [9.17, 15) is 8.42 Å². The van der Waals surface area contributed by atoms with Crippen LogP contribution in [0.25, 0.3) is 0 Å². The molecule has 0 atom stereocenters.